The Kier molecular flexibility index (Phi) is 4.49. The molecule has 5 heteroatoms. The van der Waals surface area contributed by atoms with Crippen LogP contribution in [0.3, 0.4) is 0 Å². The first kappa shape index (κ1) is 12.2. The summed E-state index contributed by atoms with van der Waals surface area (Å²) in [6.45, 7) is 0.700. The quantitative estimate of drug-likeness (QED) is 0.726. The molecule has 1 saturated carbocycles. The van der Waals surface area contributed by atoms with Gasteiger partial charge in [-0.2, -0.15) is 0 Å². The van der Waals surface area contributed by atoms with Crippen LogP contribution in [0.25, 0.3) is 0 Å². The lowest BCUT2D eigenvalue weighted by Crippen LogP contribution is -2.29. The van der Waals surface area contributed by atoms with Gasteiger partial charge in [-0.25, -0.2) is 8.78 Å². The number of alkyl halides is 2. The van der Waals surface area contributed by atoms with Gasteiger partial charge in [0.15, 0.2) is 0 Å². The van der Waals surface area contributed by atoms with Gasteiger partial charge < -0.3 is 14.8 Å². The van der Waals surface area contributed by atoms with Crippen molar-refractivity contribution >= 4 is 0 Å². The standard InChI is InChI=1S/C11H19F2NO2/c12-11(13)7-15-6-10-4-3-9(16-10)5-14-8-1-2-8/h8-11,14H,1-7H2. The molecule has 0 radical (unpaired) electrons. The summed E-state index contributed by atoms with van der Waals surface area (Å²) < 4.78 is 34.2. The molecule has 0 spiro atoms. The molecule has 0 aromatic rings. The van der Waals surface area contributed by atoms with Crippen molar-refractivity contribution in [1.82, 2.24) is 5.32 Å². The fraction of sp³-hybridized carbons (Fsp3) is 1.00. The Balaban J connectivity index is 1.52. The maximum Gasteiger partial charge on any atom is 0.261 e. The van der Waals surface area contributed by atoms with Crippen molar-refractivity contribution in [2.45, 2.75) is 50.4 Å². The van der Waals surface area contributed by atoms with Crippen LogP contribution >= 0.6 is 0 Å². The summed E-state index contributed by atoms with van der Waals surface area (Å²) >= 11 is 0. The Morgan fingerprint density at radius 3 is 2.62 bits per heavy atom. The Bertz CT molecular complexity index is 212. The van der Waals surface area contributed by atoms with Crippen LogP contribution in [0.1, 0.15) is 25.7 Å². The minimum absolute atomic E-state index is 0.00440. The smallest absolute Gasteiger partial charge is 0.261 e. The summed E-state index contributed by atoms with van der Waals surface area (Å²) in [4.78, 5) is 0. The van der Waals surface area contributed by atoms with Gasteiger partial charge in [0, 0.05) is 12.6 Å². The predicted octanol–water partition coefficient (Wildman–Crippen LogP) is 1.57. The van der Waals surface area contributed by atoms with E-state index in [4.69, 9.17) is 9.47 Å². The average molecular weight is 235 g/mol. The summed E-state index contributed by atoms with van der Waals surface area (Å²) in [5, 5.41) is 3.41. The van der Waals surface area contributed by atoms with Crippen LogP contribution in [0, 0.1) is 0 Å². The second kappa shape index (κ2) is 5.89. The average Bonchev–Trinajstić information content (AvgIpc) is 2.96. The molecule has 2 rings (SSSR count). The lowest BCUT2D eigenvalue weighted by molar-refractivity contribution is -0.0434. The zero-order valence-electron chi connectivity index (χ0n) is 9.33. The van der Waals surface area contributed by atoms with Gasteiger partial charge in [0.2, 0.25) is 0 Å². The zero-order chi connectivity index (χ0) is 11.4. The third-order valence-electron chi connectivity index (χ3n) is 2.95. The van der Waals surface area contributed by atoms with Crippen LogP contribution < -0.4 is 5.32 Å². The van der Waals surface area contributed by atoms with E-state index in [0.717, 1.165) is 19.4 Å². The molecule has 2 aliphatic rings. The topological polar surface area (TPSA) is 30.5 Å². The molecule has 1 aliphatic heterocycles. The molecule has 2 fully saturated rings. The lowest BCUT2D eigenvalue weighted by atomic mass is 10.2. The van der Waals surface area contributed by atoms with E-state index in [2.05, 4.69) is 5.32 Å². The Morgan fingerprint density at radius 2 is 1.94 bits per heavy atom. The molecule has 0 aromatic carbocycles. The van der Waals surface area contributed by atoms with E-state index in [1.807, 2.05) is 0 Å². The molecule has 2 atom stereocenters. The highest BCUT2D eigenvalue weighted by Gasteiger charge is 2.28. The molecule has 1 N–H and O–H groups in total. The normalized spacial score (nSPS) is 30.2. The lowest BCUT2D eigenvalue weighted by Gasteiger charge is -2.14. The van der Waals surface area contributed by atoms with Crippen molar-refractivity contribution in [1.29, 1.82) is 0 Å². The molecule has 2 unspecified atom stereocenters. The summed E-state index contributed by atoms with van der Waals surface area (Å²) in [5.74, 6) is 0. The van der Waals surface area contributed by atoms with Gasteiger partial charge in [0.25, 0.3) is 6.43 Å². The van der Waals surface area contributed by atoms with E-state index in [1.54, 1.807) is 0 Å². The highest BCUT2D eigenvalue weighted by atomic mass is 19.3. The predicted molar refractivity (Wildman–Crippen MR) is 55.7 cm³/mol. The molecular weight excluding hydrogens is 216 g/mol. The van der Waals surface area contributed by atoms with Crippen LogP contribution in [0.4, 0.5) is 8.78 Å². The fourth-order valence-corrected chi connectivity index (χ4v) is 1.93. The van der Waals surface area contributed by atoms with E-state index >= 15 is 0 Å². The van der Waals surface area contributed by atoms with Gasteiger partial charge in [0.05, 0.1) is 18.8 Å². The Morgan fingerprint density at radius 1 is 1.19 bits per heavy atom. The first-order valence-corrected chi connectivity index (χ1v) is 5.99. The van der Waals surface area contributed by atoms with Crippen molar-refractivity contribution in [2.75, 3.05) is 19.8 Å². The van der Waals surface area contributed by atoms with Gasteiger partial charge in [-0.1, -0.05) is 0 Å². The van der Waals surface area contributed by atoms with Crippen molar-refractivity contribution in [3.8, 4) is 0 Å². The van der Waals surface area contributed by atoms with E-state index in [-0.39, 0.29) is 12.2 Å². The molecule has 1 saturated heterocycles. The van der Waals surface area contributed by atoms with Crippen LogP contribution in [0.5, 0.6) is 0 Å². The number of hydrogen-bond acceptors (Lipinski definition) is 3. The fourth-order valence-electron chi connectivity index (χ4n) is 1.93. The zero-order valence-corrected chi connectivity index (χ0v) is 9.33. The maximum atomic E-state index is 11.8. The Hall–Kier alpha value is -0.260. The number of halogens is 2. The van der Waals surface area contributed by atoms with Crippen LogP contribution in [0.2, 0.25) is 0 Å². The molecule has 0 amide bonds. The molecule has 94 valence electrons. The molecule has 0 bridgehead atoms. The third-order valence-corrected chi connectivity index (χ3v) is 2.95. The van der Waals surface area contributed by atoms with Crippen LogP contribution in [-0.4, -0.2) is 44.4 Å². The van der Waals surface area contributed by atoms with E-state index in [0.29, 0.717) is 12.6 Å². The monoisotopic (exact) mass is 235 g/mol. The molecular formula is C11H19F2NO2. The largest absolute Gasteiger partial charge is 0.373 e. The SMILES string of the molecule is FC(F)COCC1CCC(CNC2CC2)O1. The van der Waals surface area contributed by atoms with Gasteiger partial charge in [0.1, 0.15) is 6.61 Å². The number of rotatable bonds is 7. The van der Waals surface area contributed by atoms with Gasteiger partial charge in [-0.05, 0) is 25.7 Å². The summed E-state index contributed by atoms with van der Waals surface area (Å²) in [7, 11) is 0. The number of nitrogens with one attached hydrogen (secondary N) is 1. The van der Waals surface area contributed by atoms with Crippen molar-refractivity contribution in [3.05, 3.63) is 0 Å². The first-order valence-electron chi connectivity index (χ1n) is 5.99. The minimum Gasteiger partial charge on any atom is -0.373 e. The van der Waals surface area contributed by atoms with Crippen molar-refractivity contribution in [3.63, 3.8) is 0 Å². The highest BCUT2D eigenvalue weighted by Crippen LogP contribution is 2.22. The molecule has 0 aromatic heterocycles. The summed E-state index contributed by atoms with van der Waals surface area (Å²) in [5.41, 5.74) is 0. The number of hydrogen-bond donors (Lipinski definition) is 1. The molecule has 3 nitrogen and oxygen atoms in total. The minimum atomic E-state index is -2.38. The van der Waals surface area contributed by atoms with Gasteiger partial charge >= 0.3 is 0 Å². The second-order valence-corrected chi connectivity index (χ2v) is 4.57. The van der Waals surface area contributed by atoms with E-state index in [1.165, 1.54) is 12.8 Å². The maximum absolute atomic E-state index is 11.8. The highest BCUT2D eigenvalue weighted by molar-refractivity contribution is 4.84. The van der Waals surface area contributed by atoms with Crippen molar-refractivity contribution < 1.29 is 18.3 Å². The number of ether oxygens (including phenoxy) is 2. The van der Waals surface area contributed by atoms with E-state index < -0.39 is 13.0 Å². The summed E-state index contributed by atoms with van der Waals surface area (Å²) in [6.07, 6.45) is 2.32. The molecule has 16 heavy (non-hydrogen) atoms. The summed E-state index contributed by atoms with van der Waals surface area (Å²) in [6, 6.07) is 0.692. The van der Waals surface area contributed by atoms with Gasteiger partial charge in [-0.15, -0.1) is 0 Å². The van der Waals surface area contributed by atoms with Crippen LogP contribution in [-0.2, 0) is 9.47 Å². The third kappa shape index (κ3) is 4.31. The van der Waals surface area contributed by atoms with Gasteiger partial charge in [-0.3, -0.25) is 0 Å². The van der Waals surface area contributed by atoms with E-state index in [9.17, 15) is 8.78 Å². The molecule has 1 heterocycles. The van der Waals surface area contributed by atoms with Crippen molar-refractivity contribution in [2.24, 2.45) is 0 Å². The van der Waals surface area contributed by atoms with Crippen LogP contribution in [0.15, 0.2) is 0 Å². The second-order valence-electron chi connectivity index (χ2n) is 4.57. The molecule has 1 aliphatic carbocycles. The first-order chi connectivity index (χ1) is 7.74. The Labute approximate surface area is 94.5 Å².